The highest BCUT2D eigenvalue weighted by atomic mass is 32.2. The van der Waals surface area contributed by atoms with Gasteiger partial charge in [-0.1, -0.05) is 30.3 Å². The van der Waals surface area contributed by atoms with Crippen LogP contribution in [0.3, 0.4) is 0 Å². The molecule has 3 rings (SSSR count). The van der Waals surface area contributed by atoms with Gasteiger partial charge in [0.15, 0.2) is 0 Å². The fourth-order valence-corrected chi connectivity index (χ4v) is 3.65. The largest absolute Gasteiger partial charge is 0.287 e. The zero-order chi connectivity index (χ0) is 16.3. The van der Waals surface area contributed by atoms with Gasteiger partial charge in [-0.25, -0.2) is 8.42 Å². The van der Waals surface area contributed by atoms with Gasteiger partial charge in [-0.3, -0.25) is 9.52 Å². The Hall–Kier alpha value is -2.51. The van der Waals surface area contributed by atoms with Gasteiger partial charge in [-0.2, -0.15) is 4.37 Å². The first kappa shape index (κ1) is 15.4. The number of aromatic nitrogens is 1. The molecule has 3 aromatic rings. The van der Waals surface area contributed by atoms with E-state index in [0.717, 1.165) is 0 Å². The van der Waals surface area contributed by atoms with Crippen molar-refractivity contribution in [1.82, 2.24) is 4.37 Å². The van der Waals surface area contributed by atoms with E-state index in [1.165, 1.54) is 23.7 Å². The fraction of sp³-hybridized carbons (Fsp3) is 0. The average molecular weight is 344 g/mol. The molecule has 0 amide bonds. The first-order chi connectivity index (χ1) is 11.1. The van der Waals surface area contributed by atoms with Gasteiger partial charge < -0.3 is 0 Å². The standard InChI is InChI=1S/C16H12N2O3S2/c19-16(15-10-11-22-17-15)13-8-4-5-9-14(13)18-23(20,21)12-6-2-1-3-7-12/h1-11,18H. The third kappa shape index (κ3) is 3.30. The minimum atomic E-state index is -3.76. The van der Waals surface area contributed by atoms with E-state index >= 15 is 0 Å². The second-order valence-corrected chi connectivity index (χ2v) is 7.03. The van der Waals surface area contributed by atoms with Gasteiger partial charge in [0, 0.05) is 10.9 Å². The molecule has 23 heavy (non-hydrogen) atoms. The summed E-state index contributed by atoms with van der Waals surface area (Å²) in [5.74, 6) is -0.322. The van der Waals surface area contributed by atoms with E-state index in [9.17, 15) is 13.2 Å². The number of anilines is 1. The zero-order valence-corrected chi connectivity index (χ0v) is 13.5. The van der Waals surface area contributed by atoms with E-state index in [2.05, 4.69) is 9.10 Å². The minimum Gasteiger partial charge on any atom is -0.287 e. The number of para-hydroxylation sites is 1. The lowest BCUT2D eigenvalue weighted by Crippen LogP contribution is -2.16. The molecule has 2 aromatic carbocycles. The summed E-state index contributed by atoms with van der Waals surface area (Å²) in [5, 5.41) is 1.70. The SMILES string of the molecule is O=C(c1ccsn1)c1ccccc1NS(=O)(=O)c1ccccc1. The first-order valence-corrected chi connectivity index (χ1v) is 9.02. The second-order valence-electron chi connectivity index (χ2n) is 4.68. The Morgan fingerprint density at radius 3 is 2.35 bits per heavy atom. The molecule has 116 valence electrons. The monoisotopic (exact) mass is 344 g/mol. The van der Waals surface area contributed by atoms with Crippen molar-refractivity contribution in [3.8, 4) is 0 Å². The van der Waals surface area contributed by atoms with Crippen LogP contribution in [0.25, 0.3) is 0 Å². The molecule has 7 heteroatoms. The molecule has 5 nitrogen and oxygen atoms in total. The lowest BCUT2D eigenvalue weighted by Gasteiger charge is -2.11. The van der Waals surface area contributed by atoms with Crippen molar-refractivity contribution in [2.45, 2.75) is 4.90 Å². The smallest absolute Gasteiger partial charge is 0.261 e. The van der Waals surface area contributed by atoms with Crippen molar-refractivity contribution in [3.63, 3.8) is 0 Å². The molecule has 1 N–H and O–H groups in total. The molecular formula is C16H12N2O3S2. The topological polar surface area (TPSA) is 76.1 Å². The Morgan fingerprint density at radius 1 is 0.957 bits per heavy atom. The minimum absolute atomic E-state index is 0.135. The number of nitrogens with zero attached hydrogens (tertiary/aromatic N) is 1. The molecular weight excluding hydrogens is 332 g/mol. The van der Waals surface area contributed by atoms with E-state index < -0.39 is 10.0 Å². The molecule has 0 radical (unpaired) electrons. The van der Waals surface area contributed by atoms with E-state index in [1.807, 2.05) is 0 Å². The lowest BCUT2D eigenvalue weighted by molar-refractivity contribution is 0.103. The summed E-state index contributed by atoms with van der Waals surface area (Å²) < 4.78 is 31.3. The van der Waals surface area contributed by atoms with Crippen LogP contribution in [0.15, 0.2) is 70.9 Å². The van der Waals surface area contributed by atoms with Crippen molar-refractivity contribution in [2.75, 3.05) is 4.72 Å². The number of sulfonamides is 1. The van der Waals surface area contributed by atoms with E-state index in [4.69, 9.17) is 0 Å². The summed E-state index contributed by atoms with van der Waals surface area (Å²) in [7, 11) is -3.76. The van der Waals surface area contributed by atoms with Crippen molar-refractivity contribution < 1.29 is 13.2 Å². The van der Waals surface area contributed by atoms with E-state index in [-0.39, 0.29) is 21.9 Å². The number of rotatable bonds is 5. The van der Waals surface area contributed by atoms with Crippen LogP contribution in [0, 0.1) is 0 Å². The summed E-state index contributed by atoms with van der Waals surface area (Å²) in [6.45, 7) is 0. The van der Waals surface area contributed by atoms with Crippen LogP contribution >= 0.6 is 11.5 Å². The van der Waals surface area contributed by atoms with Gasteiger partial charge in [0.05, 0.1) is 10.6 Å². The maximum absolute atomic E-state index is 12.5. The molecule has 0 atom stereocenters. The second kappa shape index (κ2) is 6.31. The highest BCUT2D eigenvalue weighted by molar-refractivity contribution is 7.92. The lowest BCUT2D eigenvalue weighted by atomic mass is 10.1. The Kier molecular flexibility index (Phi) is 4.22. The van der Waals surface area contributed by atoms with Crippen LogP contribution < -0.4 is 4.72 Å². The van der Waals surface area contributed by atoms with Crippen molar-refractivity contribution in [2.24, 2.45) is 0 Å². The first-order valence-electron chi connectivity index (χ1n) is 6.70. The Bertz CT molecular complexity index is 921. The zero-order valence-electron chi connectivity index (χ0n) is 11.8. The van der Waals surface area contributed by atoms with Crippen LogP contribution in [-0.4, -0.2) is 18.6 Å². The summed E-state index contributed by atoms with van der Waals surface area (Å²) in [6.07, 6.45) is 0. The third-order valence-corrected chi connectivity index (χ3v) is 5.08. The molecule has 0 aliphatic heterocycles. The number of ketones is 1. The Balaban J connectivity index is 1.97. The quantitative estimate of drug-likeness (QED) is 0.721. The predicted molar refractivity (Wildman–Crippen MR) is 89.2 cm³/mol. The van der Waals surface area contributed by atoms with Crippen molar-refractivity contribution in [3.05, 3.63) is 77.3 Å². The maximum atomic E-state index is 12.5. The van der Waals surface area contributed by atoms with Gasteiger partial charge in [0.2, 0.25) is 5.78 Å². The van der Waals surface area contributed by atoms with E-state index in [1.54, 1.807) is 53.9 Å². The molecule has 0 aliphatic rings. The van der Waals surface area contributed by atoms with Crippen molar-refractivity contribution >= 4 is 33.0 Å². The van der Waals surface area contributed by atoms with Crippen LogP contribution in [0.4, 0.5) is 5.69 Å². The van der Waals surface area contributed by atoms with Gasteiger partial charge in [-0.05, 0) is 41.9 Å². The molecule has 0 bridgehead atoms. The molecule has 0 saturated heterocycles. The fourth-order valence-electron chi connectivity index (χ4n) is 2.04. The predicted octanol–water partition coefficient (Wildman–Crippen LogP) is 3.17. The van der Waals surface area contributed by atoms with Crippen molar-refractivity contribution in [1.29, 1.82) is 0 Å². The molecule has 1 aromatic heterocycles. The van der Waals surface area contributed by atoms with Crippen LogP contribution in [-0.2, 0) is 10.0 Å². The number of carbonyl (C=O) groups excluding carboxylic acids is 1. The number of benzene rings is 2. The number of hydrogen-bond donors (Lipinski definition) is 1. The summed E-state index contributed by atoms with van der Waals surface area (Å²) in [5.41, 5.74) is 0.786. The molecule has 0 fully saturated rings. The van der Waals surface area contributed by atoms with Crippen LogP contribution in [0.1, 0.15) is 16.1 Å². The normalized spacial score (nSPS) is 11.1. The highest BCUT2D eigenvalue weighted by Gasteiger charge is 2.19. The summed E-state index contributed by atoms with van der Waals surface area (Å²) >= 11 is 1.17. The molecule has 1 heterocycles. The number of carbonyl (C=O) groups is 1. The molecule has 0 saturated carbocycles. The third-order valence-electron chi connectivity index (χ3n) is 3.14. The molecule has 0 aliphatic carbocycles. The Labute approximate surface area is 137 Å². The molecule has 0 unspecified atom stereocenters. The van der Waals surface area contributed by atoms with Gasteiger partial charge in [-0.15, -0.1) is 0 Å². The van der Waals surface area contributed by atoms with Crippen LogP contribution in [0.2, 0.25) is 0 Å². The van der Waals surface area contributed by atoms with E-state index in [0.29, 0.717) is 5.69 Å². The number of hydrogen-bond acceptors (Lipinski definition) is 5. The highest BCUT2D eigenvalue weighted by Crippen LogP contribution is 2.22. The van der Waals surface area contributed by atoms with Gasteiger partial charge in [0.1, 0.15) is 5.69 Å². The maximum Gasteiger partial charge on any atom is 0.261 e. The summed E-state index contributed by atoms with van der Waals surface area (Å²) in [4.78, 5) is 12.6. The van der Waals surface area contributed by atoms with Gasteiger partial charge in [0.25, 0.3) is 10.0 Å². The molecule has 0 spiro atoms. The van der Waals surface area contributed by atoms with Crippen LogP contribution in [0.5, 0.6) is 0 Å². The Morgan fingerprint density at radius 2 is 1.65 bits per heavy atom. The average Bonchev–Trinajstić information content (AvgIpc) is 3.10. The summed E-state index contributed by atoms with van der Waals surface area (Å²) in [6, 6.07) is 16.1. The number of nitrogens with one attached hydrogen (secondary N) is 1. The van der Waals surface area contributed by atoms with Gasteiger partial charge >= 0.3 is 0 Å².